The first-order valence-electron chi connectivity index (χ1n) is 5.80. The zero-order chi connectivity index (χ0) is 13.1. The van der Waals surface area contributed by atoms with E-state index >= 15 is 0 Å². The van der Waals surface area contributed by atoms with E-state index in [1.165, 1.54) is 4.31 Å². The molecule has 2 N–H and O–H groups in total. The van der Waals surface area contributed by atoms with Gasteiger partial charge in [0.1, 0.15) is 0 Å². The predicted molar refractivity (Wildman–Crippen MR) is 67.0 cm³/mol. The monoisotopic (exact) mass is 265 g/mol. The molecule has 0 aliphatic carbocycles. The van der Waals surface area contributed by atoms with Crippen molar-refractivity contribution in [3.05, 3.63) is 0 Å². The van der Waals surface area contributed by atoms with Gasteiger partial charge in [-0.25, -0.2) is 0 Å². The molecule has 1 unspecified atom stereocenters. The summed E-state index contributed by atoms with van der Waals surface area (Å²) in [5.41, 5.74) is -0.463. The molecular weight excluding hydrogens is 242 g/mol. The van der Waals surface area contributed by atoms with E-state index in [0.29, 0.717) is 26.2 Å². The topological polar surface area (TPSA) is 70.7 Å². The van der Waals surface area contributed by atoms with Gasteiger partial charge in [-0.2, -0.15) is 17.4 Å². The van der Waals surface area contributed by atoms with Crippen LogP contribution in [0.3, 0.4) is 0 Å². The van der Waals surface area contributed by atoms with E-state index in [-0.39, 0.29) is 6.10 Å². The number of nitrogens with zero attached hydrogens (tertiary/aromatic N) is 1. The first-order valence-corrected chi connectivity index (χ1v) is 7.24. The van der Waals surface area contributed by atoms with Crippen LogP contribution in [0.15, 0.2) is 0 Å². The number of hydrogen-bond donors (Lipinski definition) is 2. The summed E-state index contributed by atoms with van der Waals surface area (Å²) in [6.07, 6.45) is -0.0784. The molecule has 102 valence electrons. The molecule has 1 rings (SSSR count). The first-order chi connectivity index (χ1) is 7.74. The van der Waals surface area contributed by atoms with E-state index in [1.54, 1.807) is 0 Å². The van der Waals surface area contributed by atoms with Crippen LogP contribution in [0, 0.1) is 0 Å². The largest absolute Gasteiger partial charge is 0.374 e. The molecule has 0 amide bonds. The molecule has 1 aliphatic heterocycles. The summed E-state index contributed by atoms with van der Waals surface area (Å²) in [7, 11) is -1.59. The van der Waals surface area contributed by atoms with Gasteiger partial charge in [0, 0.05) is 25.2 Å². The maximum atomic E-state index is 12.1. The molecule has 0 radical (unpaired) electrons. The van der Waals surface area contributed by atoms with Gasteiger partial charge >= 0.3 is 0 Å². The zero-order valence-corrected chi connectivity index (χ0v) is 11.8. The Kier molecular flexibility index (Phi) is 4.91. The van der Waals surface area contributed by atoms with E-state index in [9.17, 15) is 8.42 Å². The van der Waals surface area contributed by atoms with Crippen molar-refractivity contribution in [2.75, 3.05) is 33.3 Å². The Bertz CT molecular complexity index is 335. The summed E-state index contributed by atoms with van der Waals surface area (Å²) >= 11 is 0. The molecule has 0 aromatic carbocycles. The van der Waals surface area contributed by atoms with E-state index in [4.69, 9.17) is 4.74 Å². The van der Waals surface area contributed by atoms with Gasteiger partial charge in [0.05, 0.1) is 12.7 Å². The highest BCUT2D eigenvalue weighted by Crippen LogP contribution is 2.11. The third-order valence-electron chi connectivity index (χ3n) is 2.31. The molecule has 0 aromatic rings. The van der Waals surface area contributed by atoms with Crippen molar-refractivity contribution in [2.24, 2.45) is 0 Å². The van der Waals surface area contributed by atoms with Gasteiger partial charge in [-0.1, -0.05) is 0 Å². The van der Waals surface area contributed by atoms with Gasteiger partial charge in [-0.05, 0) is 27.8 Å². The Morgan fingerprint density at radius 1 is 1.41 bits per heavy atom. The lowest BCUT2D eigenvalue weighted by molar-refractivity contribution is 0.000236. The molecule has 0 saturated carbocycles. The van der Waals surface area contributed by atoms with Crippen LogP contribution in [0.25, 0.3) is 0 Å². The van der Waals surface area contributed by atoms with Crippen LogP contribution in [0.1, 0.15) is 20.8 Å². The second kappa shape index (κ2) is 5.62. The molecule has 1 fully saturated rings. The van der Waals surface area contributed by atoms with Crippen LogP contribution in [-0.4, -0.2) is 57.7 Å². The van der Waals surface area contributed by atoms with Gasteiger partial charge in [-0.15, -0.1) is 0 Å². The molecule has 1 aliphatic rings. The SMILES string of the molecule is CNCC1CN(S(=O)(=O)NC(C)(C)C)CCO1. The lowest BCUT2D eigenvalue weighted by Crippen LogP contribution is -2.55. The normalized spacial score (nSPS) is 23.9. The van der Waals surface area contributed by atoms with Crippen LogP contribution in [0.4, 0.5) is 0 Å². The third-order valence-corrected chi connectivity index (χ3v) is 4.19. The molecule has 6 nitrogen and oxygen atoms in total. The number of morpholine rings is 1. The fourth-order valence-electron chi connectivity index (χ4n) is 1.71. The van der Waals surface area contributed by atoms with Gasteiger partial charge < -0.3 is 10.1 Å². The van der Waals surface area contributed by atoms with Crippen LogP contribution >= 0.6 is 0 Å². The minimum atomic E-state index is -3.42. The molecular formula is C10H23N3O3S. The van der Waals surface area contributed by atoms with Gasteiger partial charge in [0.25, 0.3) is 10.2 Å². The van der Waals surface area contributed by atoms with Crippen molar-refractivity contribution < 1.29 is 13.2 Å². The second-order valence-corrected chi connectivity index (χ2v) is 6.94. The molecule has 0 bridgehead atoms. The second-order valence-electron chi connectivity index (χ2n) is 5.27. The summed E-state index contributed by atoms with van der Waals surface area (Å²) in [4.78, 5) is 0. The first kappa shape index (κ1) is 14.8. The van der Waals surface area contributed by atoms with Crippen molar-refractivity contribution in [1.82, 2.24) is 14.3 Å². The maximum Gasteiger partial charge on any atom is 0.280 e. The van der Waals surface area contributed by atoms with Gasteiger partial charge in [-0.3, -0.25) is 0 Å². The van der Waals surface area contributed by atoms with E-state index in [2.05, 4.69) is 10.0 Å². The number of nitrogens with one attached hydrogen (secondary N) is 2. The predicted octanol–water partition coefficient (Wildman–Crippen LogP) is -0.460. The lowest BCUT2D eigenvalue weighted by atomic mass is 10.1. The Morgan fingerprint density at radius 3 is 2.59 bits per heavy atom. The Morgan fingerprint density at radius 2 is 2.06 bits per heavy atom. The van der Waals surface area contributed by atoms with E-state index in [0.717, 1.165) is 0 Å². The molecule has 17 heavy (non-hydrogen) atoms. The highest BCUT2D eigenvalue weighted by atomic mass is 32.2. The van der Waals surface area contributed by atoms with Crippen LogP contribution in [0.2, 0.25) is 0 Å². The van der Waals surface area contributed by atoms with Crippen LogP contribution in [0.5, 0.6) is 0 Å². The van der Waals surface area contributed by atoms with E-state index in [1.807, 2.05) is 27.8 Å². The maximum absolute atomic E-state index is 12.1. The minimum absolute atomic E-state index is 0.0784. The molecule has 1 saturated heterocycles. The van der Waals surface area contributed by atoms with Crippen LogP contribution < -0.4 is 10.0 Å². The molecule has 0 spiro atoms. The minimum Gasteiger partial charge on any atom is -0.374 e. The zero-order valence-electron chi connectivity index (χ0n) is 11.0. The van der Waals surface area contributed by atoms with Crippen molar-refractivity contribution >= 4 is 10.2 Å². The van der Waals surface area contributed by atoms with Crippen molar-refractivity contribution in [3.8, 4) is 0 Å². The molecule has 7 heteroatoms. The fourth-order valence-corrected chi connectivity index (χ4v) is 3.29. The Labute approximate surface area is 104 Å². The fraction of sp³-hybridized carbons (Fsp3) is 1.00. The lowest BCUT2D eigenvalue weighted by Gasteiger charge is -2.34. The average molecular weight is 265 g/mol. The van der Waals surface area contributed by atoms with Gasteiger partial charge in [0.15, 0.2) is 0 Å². The highest BCUT2D eigenvalue weighted by Gasteiger charge is 2.31. The van der Waals surface area contributed by atoms with Crippen molar-refractivity contribution in [1.29, 1.82) is 0 Å². The average Bonchev–Trinajstić information content (AvgIpc) is 2.15. The quantitative estimate of drug-likeness (QED) is 0.721. The Hall–Kier alpha value is -0.210. The number of ether oxygens (including phenoxy) is 1. The molecule has 0 aromatic heterocycles. The Balaban J connectivity index is 2.65. The van der Waals surface area contributed by atoms with Crippen molar-refractivity contribution in [2.45, 2.75) is 32.4 Å². The summed E-state index contributed by atoms with van der Waals surface area (Å²) < 4.78 is 33.8. The summed E-state index contributed by atoms with van der Waals surface area (Å²) in [6, 6.07) is 0. The van der Waals surface area contributed by atoms with E-state index < -0.39 is 15.7 Å². The number of rotatable bonds is 4. The highest BCUT2D eigenvalue weighted by molar-refractivity contribution is 7.87. The summed E-state index contributed by atoms with van der Waals surface area (Å²) in [5.74, 6) is 0. The molecule has 1 heterocycles. The summed E-state index contributed by atoms with van der Waals surface area (Å²) in [6.45, 7) is 7.39. The van der Waals surface area contributed by atoms with Gasteiger partial charge in [0.2, 0.25) is 0 Å². The standard InChI is InChI=1S/C10H23N3O3S/c1-10(2,3)12-17(14,15)13-5-6-16-9(8-13)7-11-4/h9,11-12H,5-8H2,1-4H3. The third kappa shape index (κ3) is 4.89. The summed E-state index contributed by atoms with van der Waals surface area (Å²) in [5, 5.41) is 2.99. The smallest absolute Gasteiger partial charge is 0.280 e. The molecule has 1 atom stereocenters. The number of likely N-dealkylation sites (N-methyl/N-ethyl adjacent to an activating group) is 1. The van der Waals surface area contributed by atoms with Crippen molar-refractivity contribution in [3.63, 3.8) is 0 Å². The van der Waals surface area contributed by atoms with Crippen LogP contribution in [-0.2, 0) is 14.9 Å². The number of hydrogen-bond acceptors (Lipinski definition) is 4.